The SMILES string of the molecule is CCN=C1N(Cc2ccccc2)CC(=O)[C@H](CC(C)C)N1C(=O)O. The highest BCUT2D eigenvalue weighted by atomic mass is 16.4. The van der Waals surface area contributed by atoms with Crippen LogP contribution in [-0.2, 0) is 11.3 Å². The number of hydrogen-bond donors (Lipinski definition) is 1. The molecule has 0 spiro atoms. The molecule has 6 nitrogen and oxygen atoms in total. The summed E-state index contributed by atoms with van der Waals surface area (Å²) in [6.45, 7) is 6.95. The first-order valence-corrected chi connectivity index (χ1v) is 8.32. The number of ketones is 1. The number of carbonyl (C=O) groups excluding carboxylic acids is 1. The molecule has 1 heterocycles. The molecule has 1 atom stereocenters. The fraction of sp³-hybridized carbons (Fsp3) is 0.500. The zero-order valence-corrected chi connectivity index (χ0v) is 14.5. The zero-order valence-electron chi connectivity index (χ0n) is 14.5. The average molecular weight is 331 g/mol. The molecule has 0 bridgehead atoms. The lowest BCUT2D eigenvalue weighted by Gasteiger charge is -2.41. The molecule has 130 valence electrons. The van der Waals surface area contributed by atoms with Crippen LogP contribution < -0.4 is 0 Å². The lowest BCUT2D eigenvalue weighted by molar-refractivity contribution is -0.125. The first-order chi connectivity index (χ1) is 11.4. The molecule has 1 aliphatic rings. The maximum atomic E-state index is 12.6. The minimum Gasteiger partial charge on any atom is -0.465 e. The molecule has 0 saturated carbocycles. The van der Waals surface area contributed by atoms with Crippen LogP contribution in [0.3, 0.4) is 0 Å². The van der Waals surface area contributed by atoms with Gasteiger partial charge in [0.05, 0.1) is 6.54 Å². The molecular formula is C18H25N3O3. The highest BCUT2D eigenvalue weighted by Gasteiger charge is 2.41. The molecule has 1 aliphatic heterocycles. The first kappa shape index (κ1) is 18.0. The Hall–Kier alpha value is -2.37. The molecule has 1 saturated heterocycles. The summed E-state index contributed by atoms with van der Waals surface area (Å²) in [5.41, 5.74) is 1.02. The van der Waals surface area contributed by atoms with Crippen molar-refractivity contribution in [3.05, 3.63) is 35.9 Å². The van der Waals surface area contributed by atoms with Crippen LogP contribution in [0.5, 0.6) is 0 Å². The fourth-order valence-electron chi connectivity index (χ4n) is 2.95. The Balaban J connectivity index is 2.34. The quantitative estimate of drug-likeness (QED) is 0.900. The second-order valence-electron chi connectivity index (χ2n) is 6.38. The summed E-state index contributed by atoms with van der Waals surface area (Å²) < 4.78 is 0. The van der Waals surface area contributed by atoms with E-state index in [0.29, 0.717) is 25.5 Å². The standard InChI is InChI=1S/C18H25N3O3/c1-4-19-17-20(11-14-8-6-5-7-9-14)12-16(22)15(10-13(2)3)21(17)18(23)24/h5-9,13,15H,4,10-12H2,1-3H3,(H,23,24)/t15-/m0/s1. The number of amides is 1. The smallest absolute Gasteiger partial charge is 0.414 e. The summed E-state index contributed by atoms with van der Waals surface area (Å²) in [5.74, 6) is 0.528. The van der Waals surface area contributed by atoms with Crippen molar-refractivity contribution in [3.8, 4) is 0 Å². The number of aliphatic imine (C=N–C) groups is 1. The largest absolute Gasteiger partial charge is 0.465 e. The van der Waals surface area contributed by atoms with Gasteiger partial charge in [0.1, 0.15) is 6.04 Å². The van der Waals surface area contributed by atoms with Crippen LogP contribution in [0.2, 0.25) is 0 Å². The Morgan fingerprint density at radius 3 is 2.54 bits per heavy atom. The van der Waals surface area contributed by atoms with E-state index < -0.39 is 12.1 Å². The topological polar surface area (TPSA) is 73.2 Å². The van der Waals surface area contributed by atoms with Gasteiger partial charge in [0, 0.05) is 13.1 Å². The third kappa shape index (κ3) is 4.13. The Morgan fingerprint density at radius 2 is 2.00 bits per heavy atom. The van der Waals surface area contributed by atoms with Crippen molar-refractivity contribution in [3.63, 3.8) is 0 Å². The first-order valence-electron chi connectivity index (χ1n) is 8.32. The van der Waals surface area contributed by atoms with Gasteiger partial charge in [0.2, 0.25) is 5.96 Å². The Bertz CT molecular complexity index is 613. The summed E-state index contributed by atoms with van der Waals surface area (Å²) in [6, 6.07) is 9.04. The highest BCUT2D eigenvalue weighted by Crippen LogP contribution is 2.22. The van der Waals surface area contributed by atoms with E-state index in [-0.39, 0.29) is 18.2 Å². The molecule has 1 fully saturated rings. The average Bonchev–Trinajstić information content (AvgIpc) is 2.52. The van der Waals surface area contributed by atoms with E-state index in [4.69, 9.17) is 0 Å². The van der Waals surface area contributed by atoms with Crippen LogP contribution in [0.1, 0.15) is 32.8 Å². The minimum atomic E-state index is -1.13. The van der Waals surface area contributed by atoms with Gasteiger partial charge < -0.3 is 10.0 Å². The second-order valence-corrected chi connectivity index (χ2v) is 6.38. The van der Waals surface area contributed by atoms with Crippen molar-refractivity contribution in [1.29, 1.82) is 0 Å². The molecule has 0 aliphatic carbocycles. The number of carboxylic acid groups (broad SMARTS) is 1. The second kappa shape index (κ2) is 7.95. The monoisotopic (exact) mass is 331 g/mol. The van der Waals surface area contributed by atoms with Gasteiger partial charge in [-0.3, -0.25) is 9.79 Å². The molecule has 0 aromatic heterocycles. The third-order valence-electron chi connectivity index (χ3n) is 3.94. The van der Waals surface area contributed by atoms with Crippen molar-refractivity contribution in [2.45, 2.75) is 39.8 Å². The van der Waals surface area contributed by atoms with Crippen molar-refractivity contribution in [2.24, 2.45) is 10.9 Å². The molecule has 1 amide bonds. The number of Topliss-reactive ketones (excluding diaryl/α,β-unsaturated/α-hetero) is 1. The zero-order chi connectivity index (χ0) is 17.7. The van der Waals surface area contributed by atoms with E-state index in [0.717, 1.165) is 10.5 Å². The molecule has 24 heavy (non-hydrogen) atoms. The lowest BCUT2D eigenvalue weighted by Crippen LogP contribution is -2.61. The molecule has 1 aromatic carbocycles. The number of carbonyl (C=O) groups is 2. The maximum Gasteiger partial charge on any atom is 0.414 e. The van der Waals surface area contributed by atoms with Crippen molar-refractivity contribution < 1.29 is 14.7 Å². The van der Waals surface area contributed by atoms with Crippen molar-refractivity contribution in [2.75, 3.05) is 13.1 Å². The molecule has 0 radical (unpaired) electrons. The van der Waals surface area contributed by atoms with Gasteiger partial charge in [-0.05, 0) is 24.8 Å². The molecule has 1 aromatic rings. The van der Waals surface area contributed by atoms with E-state index in [1.165, 1.54) is 0 Å². The summed E-state index contributed by atoms with van der Waals surface area (Å²) >= 11 is 0. The summed E-state index contributed by atoms with van der Waals surface area (Å²) in [4.78, 5) is 31.7. The van der Waals surface area contributed by atoms with E-state index in [9.17, 15) is 14.7 Å². The third-order valence-corrected chi connectivity index (χ3v) is 3.94. The van der Waals surface area contributed by atoms with Gasteiger partial charge in [-0.15, -0.1) is 0 Å². The summed E-state index contributed by atoms with van der Waals surface area (Å²) in [6.07, 6.45) is -0.619. The van der Waals surface area contributed by atoms with Crippen molar-refractivity contribution >= 4 is 17.8 Å². The Morgan fingerprint density at radius 1 is 1.33 bits per heavy atom. The predicted molar refractivity (Wildman–Crippen MR) is 92.9 cm³/mol. The number of guanidine groups is 1. The molecule has 1 N–H and O–H groups in total. The number of rotatable bonds is 5. The van der Waals surface area contributed by atoms with Crippen molar-refractivity contribution in [1.82, 2.24) is 9.80 Å². The Labute approximate surface area is 142 Å². The number of hydrogen-bond acceptors (Lipinski definition) is 3. The predicted octanol–water partition coefficient (Wildman–Crippen LogP) is 2.84. The fourth-order valence-corrected chi connectivity index (χ4v) is 2.95. The van der Waals surface area contributed by atoms with Gasteiger partial charge in [-0.2, -0.15) is 0 Å². The van der Waals surface area contributed by atoms with E-state index in [1.807, 2.05) is 51.1 Å². The highest BCUT2D eigenvalue weighted by molar-refractivity contribution is 6.04. The molecule has 2 rings (SSSR count). The number of nitrogens with zero attached hydrogens (tertiary/aromatic N) is 3. The van der Waals surface area contributed by atoms with Crippen LogP contribution in [0.25, 0.3) is 0 Å². The lowest BCUT2D eigenvalue weighted by atomic mass is 9.97. The van der Waals surface area contributed by atoms with Gasteiger partial charge >= 0.3 is 6.09 Å². The van der Waals surface area contributed by atoms with Gasteiger partial charge in [-0.1, -0.05) is 44.2 Å². The molecule has 0 unspecified atom stereocenters. The van der Waals surface area contributed by atoms with Gasteiger partial charge in [0.15, 0.2) is 5.78 Å². The molecular weight excluding hydrogens is 306 g/mol. The molecule has 6 heteroatoms. The van der Waals surface area contributed by atoms with Crippen LogP contribution in [-0.4, -0.2) is 51.9 Å². The van der Waals surface area contributed by atoms with E-state index in [2.05, 4.69) is 4.99 Å². The van der Waals surface area contributed by atoms with E-state index in [1.54, 1.807) is 4.90 Å². The Kier molecular flexibility index (Phi) is 5.95. The van der Waals surface area contributed by atoms with E-state index >= 15 is 0 Å². The van der Waals surface area contributed by atoms with Crippen LogP contribution in [0.15, 0.2) is 35.3 Å². The minimum absolute atomic E-state index is 0.0721. The summed E-state index contributed by atoms with van der Waals surface area (Å²) in [7, 11) is 0. The van der Waals surface area contributed by atoms with Gasteiger partial charge in [0.25, 0.3) is 0 Å². The summed E-state index contributed by atoms with van der Waals surface area (Å²) in [5, 5.41) is 9.69. The number of benzene rings is 1. The van der Waals surface area contributed by atoms with Gasteiger partial charge in [-0.25, -0.2) is 9.69 Å². The van der Waals surface area contributed by atoms with Crippen LogP contribution in [0, 0.1) is 5.92 Å². The van der Waals surface area contributed by atoms with Crippen LogP contribution >= 0.6 is 0 Å². The normalized spacial score (nSPS) is 20.1. The maximum absolute atomic E-state index is 12.6. The van der Waals surface area contributed by atoms with Crippen LogP contribution in [0.4, 0.5) is 4.79 Å².